The molecule has 2 atom stereocenters. The number of nitrogens with two attached hydrogens (primary N) is 1. The fraction of sp³-hybridized carbons (Fsp3) is 0.562. The third kappa shape index (κ3) is 4.11. The van der Waals surface area contributed by atoms with Crippen molar-refractivity contribution in [2.75, 3.05) is 6.54 Å². The highest BCUT2D eigenvalue weighted by Gasteiger charge is 2.41. The summed E-state index contributed by atoms with van der Waals surface area (Å²) in [5.74, 6) is 6.08. The van der Waals surface area contributed by atoms with Crippen LogP contribution in [-0.4, -0.2) is 17.6 Å². The first-order valence-corrected chi connectivity index (χ1v) is 7.11. The Kier molecular flexibility index (Phi) is 8.28. The number of aryl methyl sites for hydroxylation is 1. The Morgan fingerprint density at radius 1 is 1.38 bits per heavy atom. The van der Waals surface area contributed by atoms with Gasteiger partial charge in [-0.05, 0) is 37.3 Å². The number of hydrazine groups is 1. The monoisotopic (exact) mass is 329 g/mol. The van der Waals surface area contributed by atoms with Crippen molar-refractivity contribution in [2.45, 2.75) is 51.0 Å². The van der Waals surface area contributed by atoms with E-state index in [4.69, 9.17) is 5.84 Å². The second kappa shape index (κ2) is 8.60. The van der Waals surface area contributed by atoms with Crippen LogP contribution in [0.15, 0.2) is 24.3 Å². The van der Waals surface area contributed by atoms with E-state index >= 15 is 0 Å². The summed E-state index contributed by atoms with van der Waals surface area (Å²) in [4.78, 5) is 0. The summed E-state index contributed by atoms with van der Waals surface area (Å²) < 4.78 is 0. The molecule has 118 valence electrons. The summed E-state index contributed by atoms with van der Waals surface area (Å²) in [6.45, 7) is 5.06. The fourth-order valence-electron chi connectivity index (χ4n) is 3.24. The normalized spacial score (nSPS) is 25.3. The molecule has 1 fully saturated rings. The number of halogens is 2. The SMILES string of the molecule is CCCC1CC(C#N)(c2ccccc2C)CCN1N.Cl.Cl. The van der Waals surface area contributed by atoms with Crippen LogP contribution in [0.25, 0.3) is 0 Å². The van der Waals surface area contributed by atoms with E-state index in [1.54, 1.807) is 0 Å². The Morgan fingerprint density at radius 3 is 2.62 bits per heavy atom. The number of piperidine rings is 1. The first-order valence-electron chi connectivity index (χ1n) is 7.11. The lowest BCUT2D eigenvalue weighted by molar-refractivity contribution is 0.107. The van der Waals surface area contributed by atoms with Gasteiger partial charge in [-0.25, -0.2) is 5.01 Å². The highest BCUT2D eigenvalue weighted by Crippen LogP contribution is 2.39. The van der Waals surface area contributed by atoms with Gasteiger partial charge in [0.1, 0.15) is 0 Å². The Morgan fingerprint density at radius 2 is 2.05 bits per heavy atom. The van der Waals surface area contributed by atoms with Crippen molar-refractivity contribution < 1.29 is 0 Å². The third-order valence-corrected chi connectivity index (χ3v) is 4.35. The first kappa shape index (κ1) is 20.2. The van der Waals surface area contributed by atoms with E-state index in [2.05, 4.69) is 32.0 Å². The minimum Gasteiger partial charge on any atom is -0.269 e. The van der Waals surface area contributed by atoms with E-state index in [1.807, 2.05) is 17.1 Å². The lowest BCUT2D eigenvalue weighted by Crippen LogP contribution is -2.51. The third-order valence-electron chi connectivity index (χ3n) is 4.35. The van der Waals surface area contributed by atoms with Crippen LogP contribution in [0.5, 0.6) is 0 Å². The number of hydrogen-bond donors (Lipinski definition) is 1. The number of nitriles is 1. The molecule has 2 unspecified atom stereocenters. The molecule has 2 N–H and O–H groups in total. The zero-order chi connectivity index (χ0) is 13.9. The van der Waals surface area contributed by atoms with Gasteiger partial charge in [0, 0.05) is 12.6 Å². The van der Waals surface area contributed by atoms with Crippen molar-refractivity contribution in [3.8, 4) is 6.07 Å². The van der Waals surface area contributed by atoms with Gasteiger partial charge in [0.25, 0.3) is 0 Å². The maximum Gasteiger partial charge on any atom is 0.0853 e. The fourth-order valence-corrected chi connectivity index (χ4v) is 3.24. The summed E-state index contributed by atoms with van der Waals surface area (Å²) in [7, 11) is 0. The van der Waals surface area contributed by atoms with Crippen molar-refractivity contribution in [1.29, 1.82) is 5.26 Å². The summed E-state index contributed by atoms with van der Waals surface area (Å²) in [5, 5.41) is 11.7. The van der Waals surface area contributed by atoms with E-state index in [1.165, 1.54) is 11.1 Å². The van der Waals surface area contributed by atoms with Crippen molar-refractivity contribution in [3.63, 3.8) is 0 Å². The molecule has 0 saturated carbocycles. The van der Waals surface area contributed by atoms with Crippen molar-refractivity contribution in [1.82, 2.24) is 5.01 Å². The zero-order valence-electron chi connectivity index (χ0n) is 12.7. The standard InChI is InChI=1S/C16H23N3.2ClH/c1-3-6-14-11-16(12-17,9-10-19(14)18)15-8-5-4-7-13(15)2;;/h4-5,7-8,14H,3,6,9-11,18H2,1-2H3;2*1H. The molecule has 0 bridgehead atoms. The minimum absolute atomic E-state index is 0. The van der Waals surface area contributed by atoms with Crippen LogP contribution >= 0.6 is 24.8 Å². The Hall–Kier alpha value is -0.790. The van der Waals surface area contributed by atoms with Gasteiger partial charge >= 0.3 is 0 Å². The van der Waals surface area contributed by atoms with Crippen molar-refractivity contribution >= 4 is 24.8 Å². The van der Waals surface area contributed by atoms with E-state index in [-0.39, 0.29) is 30.2 Å². The number of benzene rings is 1. The predicted molar refractivity (Wildman–Crippen MR) is 91.8 cm³/mol. The zero-order valence-corrected chi connectivity index (χ0v) is 14.3. The molecular weight excluding hydrogens is 305 g/mol. The van der Waals surface area contributed by atoms with Crippen molar-refractivity contribution in [2.24, 2.45) is 5.84 Å². The van der Waals surface area contributed by atoms with Crippen molar-refractivity contribution in [3.05, 3.63) is 35.4 Å². The quantitative estimate of drug-likeness (QED) is 0.859. The molecule has 0 amide bonds. The summed E-state index contributed by atoms with van der Waals surface area (Å²) in [5.41, 5.74) is 2.04. The number of rotatable bonds is 3. The summed E-state index contributed by atoms with van der Waals surface area (Å²) in [6.07, 6.45) is 3.84. The van der Waals surface area contributed by atoms with E-state index in [0.717, 1.165) is 32.2 Å². The molecule has 5 heteroatoms. The molecule has 1 heterocycles. The Labute approximate surface area is 140 Å². The molecule has 3 nitrogen and oxygen atoms in total. The molecule has 2 rings (SSSR count). The maximum absolute atomic E-state index is 9.78. The van der Waals surface area contributed by atoms with E-state index in [9.17, 15) is 5.26 Å². The molecule has 21 heavy (non-hydrogen) atoms. The molecule has 1 aromatic carbocycles. The second-order valence-electron chi connectivity index (χ2n) is 5.64. The molecule has 0 aliphatic carbocycles. The van der Waals surface area contributed by atoms with Crippen LogP contribution in [0.4, 0.5) is 0 Å². The predicted octanol–water partition coefficient (Wildman–Crippen LogP) is 3.74. The number of hydrogen-bond acceptors (Lipinski definition) is 3. The van der Waals surface area contributed by atoms with Gasteiger partial charge in [0.15, 0.2) is 0 Å². The van der Waals surface area contributed by atoms with Crippen LogP contribution in [-0.2, 0) is 5.41 Å². The minimum atomic E-state index is -0.360. The first-order chi connectivity index (χ1) is 9.13. The smallest absolute Gasteiger partial charge is 0.0853 e. The van der Waals surface area contributed by atoms with Crippen LogP contribution in [0.1, 0.15) is 43.7 Å². The lowest BCUT2D eigenvalue weighted by Gasteiger charge is -2.42. The molecule has 1 aromatic rings. The van der Waals surface area contributed by atoms with E-state index in [0.29, 0.717) is 6.04 Å². The Bertz CT molecular complexity index is 487. The second-order valence-corrected chi connectivity index (χ2v) is 5.64. The van der Waals surface area contributed by atoms with Gasteiger partial charge in [-0.3, -0.25) is 5.84 Å². The van der Waals surface area contributed by atoms with Gasteiger partial charge in [0.05, 0.1) is 11.5 Å². The average Bonchev–Trinajstić information content (AvgIpc) is 2.43. The van der Waals surface area contributed by atoms with Crippen LogP contribution in [0.3, 0.4) is 0 Å². The molecule has 0 aromatic heterocycles. The molecule has 1 saturated heterocycles. The number of nitrogens with zero attached hydrogens (tertiary/aromatic N) is 2. The van der Waals surface area contributed by atoms with Gasteiger partial charge in [0.2, 0.25) is 0 Å². The molecule has 1 aliphatic rings. The molecule has 1 aliphatic heterocycles. The van der Waals surface area contributed by atoms with Gasteiger partial charge in [-0.1, -0.05) is 37.6 Å². The average molecular weight is 330 g/mol. The van der Waals surface area contributed by atoms with Gasteiger partial charge in [-0.15, -0.1) is 24.8 Å². The largest absolute Gasteiger partial charge is 0.269 e. The topological polar surface area (TPSA) is 53.0 Å². The highest BCUT2D eigenvalue weighted by molar-refractivity contribution is 5.85. The summed E-state index contributed by atoms with van der Waals surface area (Å²) in [6, 6.07) is 11.2. The van der Waals surface area contributed by atoms with Gasteiger partial charge in [-0.2, -0.15) is 5.26 Å². The van der Waals surface area contributed by atoms with Crippen LogP contribution < -0.4 is 5.84 Å². The van der Waals surface area contributed by atoms with Crippen LogP contribution in [0.2, 0.25) is 0 Å². The molecule has 0 spiro atoms. The maximum atomic E-state index is 9.78. The molecular formula is C16H25Cl2N3. The Balaban J connectivity index is 0.00000200. The van der Waals surface area contributed by atoms with Crippen LogP contribution in [0, 0.1) is 18.3 Å². The highest BCUT2D eigenvalue weighted by atomic mass is 35.5. The summed E-state index contributed by atoms with van der Waals surface area (Å²) >= 11 is 0. The van der Waals surface area contributed by atoms with Gasteiger partial charge < -0.3 is 0 Å². The lowest BCUT2D eigenvalue weighted by atomic mass is 9.70. The molecule has 0 radical (unpaired) electrons. The van der Waals surface area contributed by atoms with E-state index < -0.39 is 0 Å².